The summed E-state index contributed by atoms with van der Waals surface area (Å²) >= 11 is 3.25. The largest absolute Gasteiger partial charge is 0.478 e. The molecule has 0 fully saturated rings. The van der Waals surface area contributed by atoms with E-state index in [9.17, 15) is 9.59 Å². The van der Waals surface area contributed by atoms with Crippen molar-refractivity contribution in [2.45, 2.75) is 0 Å². The van der Waals surface area contributed by atoms with Crippen LogP contribution in [0.1, 0.15) is 20.7 Å². The van der Waals surface area contributed by atoms with Crippen molar-refractivity contribution in [3.05, 3.63) is 58.1 Å². The summed E-state index contributed by atoms with van der Waals surface area (Å²) in [5, 5.41) is 11.6. The highest BCUT2D eigenvalue weighted by atomic mass is 79.9. The van der Waals surface area contributed by atoms with Gasteiger partial charge in [-0.15, -0.1) is 0 Å². The number of para-hydroxylation sites is 1. The highest BCUT2D eigenvalue weighted by Crippen LogP contribution is 2.20. The summed E-state index contributed by atoms with van der Waals surface area (Å²) in [5.41, 5.74) is 6.72. The van der Waals surface area contributed by atoms with Crippen molar-refractivity contribution in [3.8, 4) is 0 Å². The molecule has 0 saturated heterocycles. The molecule has 102 valence electrons. The van der Waals surface area contributed by atoms with E-state index in [1.165, 1.54) is 18.2 Å². The number of nitrogens with two attached hydrogens (primary N) is 1. The van der Waals surface area contributed by atoms with Gasteiger partial charge in [0.25, 0.3) is 5.91 Å². The molecule has 0 bridgehead atoms. The number of carboxylic acids is 1. The molecule has 0 atom stereocenters. The maximum atomic E-state index is 12.1. The summed E-state index contributed by atoms with van der Waals surface area (Å²) in [5.74, 6) is -1.53. The highest BCUT2D eigenvalue weighted by Gasteiger charge is 2.13. The number of aromatic carboxylic acids is 1. The van der Waals surface area contributed by atoms with Gasteiger partial charge in [0.1, 0.15) is 0 Å². The van der Waals surface area contributed by atoms with E-state index in [2.05, 4.69) is 21.2 Å². The van der Waals surface area contributed by atoms with Gasteiger partial charge in [-0.2, -0.15) is 0 Å². The fourth-order valence-electron chi connectivity index (χ4n) is 1.72. The molecule has 6 heteroatoms. The second-order valence-electron chi connectivity index (χ2n) is 4.08. The number of amides is 1. The van der Waals surface area contributed by atoms with Gasteiger partial charge >= 0.3 is 5.97 Å². The van der Waals surface area contributed by atoms with Gasteiger partial charge in [0.05, 0.1) is 11.3 Å². The molecule has 0 aliphatic rings. The Kier molecular flexibility index (Phi) is 4.05. The normalized spacial score (nSPS) is 10.1. The third-order valence-corrected chi connectivity index (χ3v) is 3.05. The van der Waals surface area contributed by atoms with E-state index in [1.807, 2.05) is 0 Å². The van der Waals surface area contributed by atoms with Crippen LogP contribution in [0.25, 0.3) is 0 Å². The lowest BCUT2D eigenvalue weighted by Gasteiger charge is -2.09. The van der Waals surface area contributed by atoms with Gasteiger partial charge < -0.3 is 16.2 Å². The fourth-order valence-corrected chi connectivity index (χ4v) is 2.23. The van der Waals surface area contributed by atoms with E-state index >= 15 is 0 Å². The van der Waals surface area contributed by atoms with Crippen molar-refractivity contribution in [2.24, 2.45) is 0 Å². The SMILES string of the molecule is Nc1cc(Br)cc(C(=O)Nc2ccccc2C(=O)O)c1. The van der Waals surface area contributed by atoms with Crippen molar-refractivity contribution in [1.29, 1.82) is 0 Å². The van der Waals surface area contributed by atoms with Gasteiger partial charge in [-0.25, -0.2) is 4.79 Å². The van der Waals surface area contributed by atoms with Crippen LogP contribution in [0.2, 0.25) is 0 Å². The minimum atomic E-state index is -1.10. The number of nitrogen functional groups attached to an aromatic ring is 1. The lowest BCUT2D eigenvalue weighted by atomic mass is 10.1. The quantitative estimate of drug-likeness (QED) is 0.752. The molecule has 4 N–H and O–H groups in total. The maximum absolute atomic E-state index is 12.1. The molecule has 2 rings (SSSR count). The minimum Gasteiger partial charge on any atom is -0.478 e. The van der Waals surface area contributed by atoms with Crippen LogP contribution in [0.15, 0.2) is 46.9 Å². The van der Waals surface area contributed by atoms with Crippen molar-refractivity contribution >= 4 is 39.2 Å². The van der Waals surface area contributed by atoms with E-state index < -0.39 is 11.9 Å². The van der Waals surface area contributed by atoms with Crippen LogP contribution in [-0.2, 0) is 0 Å². The van der Waals surface area contributed by atoms with E-state index in [1.54, 1.807) is 24.3 Å². The summed E-state index contributed by atoms with van der Waals surface area (Å²) in [6, 6.07) is 11.0. The number of carboxylic acid groups (broad SMARTS) is 1. The molecule has 0 aliphatic heterocycles. The van der Waals surface area contributed by atoms with Crippen LogP contribution >= 0.6 is 15.9 Å². The Bertz CT molecular complexity index is 666. The third kappa shape index (κ3) is 3.16. The van der Waals surface area contributed by atoms with Crippen molar-refractivity contribution < 1.29 is 14.7 Å². The number of anilines is 2. The molecule has 0 heterocycles. The monoisotopic (exact) mass is 334 g/mol. The summed E-state index contributed by atoms with van der Waals surface area (Å²) in [6.45, 7) is 0. The second kappa shape index (κ2) is 5.75. The zero-order chi connectivity index (χ0) is 14.7. The number of nitrogens with one attached hydrogen (secondary N) is 1. The molecule has 1 amide bonds. The topological polar surface area (TPSA) is 92.4 Å². The average Bonchev–Trinajstić information content (AvgIpc) is 2.37. The molecule has 0 aromatic heterocycles. The van der Waals surface area contributed by atoms with Crippen LogP contribution in [0.3, 0.4) is 0 Å². The van der Waals surface area contributed by atoms with Gasteiger partial charge in [0, 0.05) is 15.7 Å². The Morgan fingerprint density at radius 1 is 1.15 bits per heavy atom. The van der Waals surface area contributed by atoms with Gasteiger partial charge in [-0.3, -0.25) is 4.79 Å². The van der Waals surface area contributed by atoms with Gasteiger partial charge in [-0.1, -0.05) is 28.1 Å². The van der Waals surface area contributed by atoms with Crippen LogP contribution in [0.4, 0.5) is 11.4 Å². The lowest BCUT2D eigenvalue weighted by molar-refractivity contribution is 0.0698. The molecule has 0 unspecified atom stereocenters. The zero-order valence-electron chi connectivity index (χ0n) is 10.3. The van der Waals surface area contributed by atoms with Crippen molar-refractivity contribution in [2.75, 3.05) is 11.1 Å². The Morgan fingerprint density at radius 2 is 1.85 bits per heavy atom. The molecule has 2 aromatic rings. The first-order valence-electron chi connectivity index (χ1n) is 5.67. The number of hydrogen-bond donors (Lipinski definition) is 3. The summed E-state index contributed by atoms with van der Waals surface area (Å²) in [4.78, 5) is 23.2. The van der Waals surface area contributed by atoms with Gasteiger partial charge in [-0.05, 0) is 30.3 Å². The van der Waals surface area contributed by atoms with Crippen LogP contribution in [0, 0.1) is 0 Å². The molecule has 0 aliphatic carbocycles. The molecular weight excluding hydrogens is 324 g/mol. The predicted octanol–water partition coefficient (Wildman–Crippen LogP) is 2.98. The van der Waals surface area contributed by atoms with Crippen LogP contribution in [-0.4, -0.2) is 17.0 Å². The molecule has 20 heavy (non-hydrogen) atoms. The lowest BCUT2D eigenvalue weighted by Crippen LogP contribution is -2.15. The number of carbonyl (C=O) groups excluding carboxylic acids is 1. The van der Waals surface area contributed by atoms with E-state index in [0.717, 1.165) is 0 Å². The van der Waals surface area contributed by atoms with Crippen molar-refractivity contribution in [3.63, 3.8) is 0 Å². The smallest absolute Gasteiger partial charge is 0.337 e. The fraction of sp³-hybridized carbons (Fsp3) is 0. The Morgan fingerprint density at radius 3 is 2.50 bits per heavy atom. The number of hydrogen-bond acceptors (Lipinski definition) is 3. The Labute approximate surface area is 123 Å². The first-order chi connectivity index (χ1) is 9.47. The number of rotatable bonds is 3. The molecule has 5 nitrogen and oxygen atoms in total. The highest BCUT2D eigenvalue weighted by molar-refractivity contribution is 9.10. The number of benzene rings is 2. The van der Waals surface area contributed by atoms with Crippen LogP contribution < -0.4 is 11.1 Å². The second-order valence-corrected chi connectivity index (χ2v) is 4.99. The zero-order valence-corrected chi connectivity index (χ0v) is 11.8. The first-order valence-corrected chi connectivity index (χ1v) is 6.46. The summed E-state index contributed by atoms with van der Waals surface area (Å²) in [7, 11) is 0. The number of halogens is 1. The maximum Gasteiger partial charge on any atom is 0.337 e. The van der Waals surface area contributed by atoms with E-state index in [0.29, 0.717) is 15.7 Å². The average molecular weight is 335 g/mol. The molecule has 0 saturated carbocycles. The molecule has 2 aromatic carbocycles. The first kappa shape index (κ1) is 14.1. The molecule has 0 spiro atoms. The Hall–Kier alpha value is -2.34. The van der Waals surface area contributed by atoms with E-state index in [4.69, 9.17) is 10.8 Å². The Balaban J connectivity index is 2.30. The standard InChI is InChI=1S/C14H11BrN2O3/c15-9-5-8(6-10(16)7-9)13(18)17-12-4-2-1-3-11(12)14(19)20/h1-7H,16H2,(H,17,18)(H,19,20). The molecule has 0 radical (unpaired) electrons. The van der Waals surface area contributed by atoms with Crippen molar-refractivity contribution in [1.82, 2.24) is 0 Å². The van der Waals surface area contributed by atoms with Crippen LogP contribution in [0.5, 0.6) is 0 Å². The number of carbonyl (C=O) groups is 2. The summed E-state index contributed by atoms with van der Waals surface area (Å²) in [6.07, 6.45) is 0. The predicted molar refractivity (Wildman–Crippen MR) is 79.9 cm³/mol. The van der Waals surface area contributed by atoms with E-state index in [-0.39, 0.29) is 11.3 Å². The third-order valence-electron chi connectivity index (χ3n) is 2.59. The van der Waals surface area contributed by atoms with Gasteiger partial charge in [0.15, 0.2) is 0 Å². The minimum absolute atomic E-state index is 0.0313. The summed E-state index contributed by atoms with van der Waals surface area (Å²) < 4.78 is 0.675. The van der Waals surface area contributed by atoms with Gasteiger partial charge in [0.2, 0.25) is 0 Å². The molecular formula is C14H11BrN2O3.